The molecule has 2 N–H and O–H groups in total. The van der Waals surface area contributed by atoms with Gasteiger partial charge in [-0.25, -0.2) is 0 Å². The van der Waals surface area contributed by atoms with Gasteiger partial charge in [0.15, 0.2) is 5.76 Å². The van der Waals surface area contributed by atoms with Gasteiger partial charge in [-0.05, 0) is 25.3 Å². The Bertz CT molecular complexity index is 651. The smallest absolute Gasteiger partial charge is 0.284 e. The van der Waals surface area contributed by atoms with E-state index in [1.807, 2.05) is 0 Å². The lowest BCUT2D eigenvalue weighted by Crippen LogP contribution is -2.45. The summed E-state index contributed by atoms with van der Waals surface area (Å²) in [7, 11) is 0. The summed E-state index contributed by atoms with van der Waals surface area (Å²) in [5.74, 6) is 0.855. The van der Waals surface area contributed by atoms with Crippen LogP contribution in [-0.4, -0.2) is 47.3 Å². The fourth-order valence-corrected chi connectivity index (χ4v) is 3.99. The van der Waals surface area contributed by atoms with Crippen LogP contribution in [0, 0.1) is 0 Å². The van der Waals surface area contributed by atoms with Gasteiger partial charge in [-0.1, -0.05) is 20.8 Å². The van der Waals surface area contributed by atoms with Crippen molar-refractivity contribution in [1.29, 1.82) is 0 Å². The van der Waals surface area contributed by atoms with Crippen molar-refractivity contribution in [3.05, 3.63) is 23.2 Å². The van der Waals surface area contributed by atoms with Crippen molar-refractivity contribution in [2.75, 3.05) is 19.6 Å². The minimum atomic E-state index is -0.525. The number of piperidine rings is 1. The first-order chi connectivity index (χ1) is 11.8. The lowest BCUT2D eigenvalue weighted by Gasteiger charge is -2.36. The summed E-state index contributed by atoms with van der Waals surface area (Å²) in [6.07, 6.45) is 3.73. The molecular formula is C19H29N3O3. The zero-order chi connectivity index (χ0) is 18.2. The van der Waals surface area contributed by atoms with E-state index >= 15 is 0 Å². The van der Waals surface area contributed by atoms with Crippen LogP contribution < -0.4 is 5.73 Å². The maximum Gasteiger partial charge on any atom is 0.284 e. The number of nitrogens with two attached hydrogens (primary N) is 1. The molecule has 2 amide bonds. The molecule has 25 heavy (non-hydrogen) atoms. The molecule has 6 heteroatoms. The quantitative estimate of drug-likeness (QED) is 0.906. The Hall–Kier alpha value is -1.82. The molecule has 0 saturated carbocycles. The van der Waals surface area contributed by atoms with Crippen LogP contribution in [0.15, 0.2) is 10.5 Å². The van der Waals surface area contributed by atoms with Crippen molar-refractivity contribution >= 4 is 11.8 Å². The predicted octanol–water partition coefficient (Wildman–Crippen LogP) is 2.26. The number of amides is 2. The van der Waals surface area contributed by atoms with E-state index in [4.69, 9.17) is 10.2 Å². The van der Waals surface area contributed by atoms with E-state index < -0.39 is 5.91 Å². The summed E-state index contributed by atoms with van der Waals surface area (Å²) in [5, 5.41) is 0. The predicted molar refractivity (Wildman–Crippen MR) is 95.2 cm³/mol. The number of carbonyl (C=O) groups excluding carboxylic acids is 2. The number of furan rings is 1. The molecule has 0 unspecified atom stereocenters. The molecule has 138 valence electrons. The fraction of sp³-hybridized carbons (Fsp3) is 0.684. The molecule has 0 aliphatic carbocycles. The third-order valence-electron chi connectivity index (χ3n) is 5.23. The van der Waals surface area contributed by atoms with E-state index in [2.05, 4.69) is 30.6 Å². The Balaban J connectivity index is 1.65. The van der Waals surface area contributed by atoms with Gasteiger partial charge in [0.1, 0.15) is 5.76 Å². The van der Waals surface area contributed by atoms with E-state index in [1.165, 1.54) is 0 Å². The first kappa shape index (κ1) is 18.0. The monoisotopic (exact) mass is 347 g/mol. The molecule has 6 nitrogen and oxygen atoms in total. The number of hydrogen-bond donors (Lipinski definition) is 1. The largest absolute Gasteiger partial charge is 0.455 e. The third kappa shape index (κ3) is 3.89. The maximum absolute atomic E-state index is 11.9. The van der Waals surface area contributed by atoms with Gasteiger partial charge in [0.25, 0.3) is 5.91 Å². The second kappa shape index (κ2) is 6.83. The summed E-state index contributed by atoms with van der Waals surface area (Å²) < 4.78 is 5.74. The molecule has 3 heterocycles. The lowest BCUT2D eigenvalue weighted by atomic mass is 9.90. The Morgan fingerprint density at radius 2 is 1.96 bits per heavy atom. The molecular weight excluding hydrogens is 318 g/mol. The Labute approximate surface area is 149 Å². The highest BCUT2D eigenvalue weighted by molar-refractivity contribution is 5.90. The van der Waals surface area contributed by atoms with Gasteiger partial charge in [0.05, 0.1) is 0 Å². The molecule has 0 bridgehead atoms. The van der Waals surface area contributed by atoms with Crippen LogP contribution in [0.1, 0.15) is 68.3 Å². The number of nitrogens with zero attached hydrogens (tertiary/aromatic N) is 2. The van der Waals surface area contributed by atoms with E-state index in [1.54, 1.807) is 6.07 Å². The summed E-state index contributed by atoms with van der Waals surface area (Å²) >= 11 is 0. The first-order valence-corrected chi connectivity index (χ1v) is 9.20. The third-order valence-corrected chi connectivity index (χ3v) is 5.23. The number of hydrogen-bond acceptors (Lipinski definition) is 4. The average molecular weight is 347 g/mol. The van der Waals surface area contributed by atoms with Gasteiger partial charge in [0, 0.05) is 49.6 Å². The lowest BCUT2D eigenvalue weighted by molar-refractivity contribution is -0.130. The van der Waals surface area contributed by atoms with Gasteiger partial charge >= 0.3 is 0 Å². The second-order valence-electron chi connectivity index (χ2n) is 8.28. The molecule has 2 fully saturated rings. The van der Waals surface area contributed by atoms with Crippen molar-refractivity contribution in [3.8, 4) is 0 Å². The highest BCUT2D eigenvalue weighted by Crippen LogP contribution is 2.31. The summed E-state index contributed by atoms with van der Waals surface area (Å²) in [6.45, 7) is 9.80. The number of likely N-dealkylation sites (tertiary alicyclic amines) is 2. The van der Waals surface area contributed by atoms with Crippen LogP contribution in [0.5, 0.6) is 0 Å². The van der Waals surface area contributed by atoms with Gasteiger partial charge in [-0.3, -0.25) is 14.5 Å². The second-order valence-corrected chi connectivity index (χ2v) is 8.28. The maximum atomic E-state index is 11.9. The molecule has 1 aromatic rings. The standard InChI is InChI=1S/C19H29N3O3/c1-19(2,3)17-13(11-15(25-17)18(20)24)12-21-9-6-14(7-10-21)22-8-4-5-16(22)23/h11,14H,4-10,12H2,1-3H3,(H2,20,24). The topological polar surface area (TPSA) is 79.8 Å². The number of carbonyl (C=O) groups is 2. The van der Waals surface area contributed by atoms with Crippen molar-refractivity contribution in [2.45, 2.75) is 64.5 Å². The Kier molecular flexibility index (Phi) is 4.91. The molecule has 1 aromatic heterocycles. The van der Waals surface area contributed by atoms with Crippen LogP contribution in [0.3, 0.4) is 0 Å². The molecule has 0 aromatic carbocycles. The molecule has 2 aliphatic rings. The van der Waals surface area contributed by atoms with Gasteiger partial charge < -0.3 is 15.1 Å². The fourth-order valence-electron chi connectivity index (χ4n) is 3.99. The Morgan fingerprint density at radius 1 is 1.28 bits per heavy atom. The molecule has 0 spiro atoms. The summed E-state index contributed by atoms with van der Waals surface area (Å²) in [4.78, 5) is 27.9. The summed E-state index contributed by atoms with van der Waals surface area (Å²) in [6, 6.07) is 2.18. The SMILES string of the molecule is CC(C)(C)c1oc(C(N)=O)cc1CN1CCC(N2CCCC2=O)CC1. The van der Waals surface area contributed by atoms with Crippen LogP contribution >= 0.6 is 0 Å². The molecule has 0 atom stereocenters. The zero-order valence-corrected chi connectivity index (χ0v) is 15.5. The van der Waals surface area contributed by atoms with Crippen molar-refractivity contribution in [2.24, 2.45) is 5.73 Å². The minimum absolute atomic E-state index is 0.177. The van der Waals surface area contributed by atoms with Gasteiger partial charge in [0.2, 0.25) is 5.91 Å². The molecule has 2 saturated heterocycles. The van der Waals surface area contributed by atoms with Crippen LogP contribution in [0.25, 0.3) is 0 Å². The number of rotatable bonds is 4. The minimum Gasteiger partial charge on any atom is -0.455 e. The van der Waals surface area contributed by atoms with Crippen LogP contribution in [-0.2, 0) is 16.8 Å². The van der Waals surface area contributed by atoms with E-state index in [0.29, 0.717) is 18.4 Å². The van der Waals surface area contributed by atoms with Gasteiger partial charge in [-0.15, -0.1) is 0 Å². The van der Waals surface area contributed by atoms with E-state index in [9.17, 15) is 9.59 Å². The zero-order valence-electron chi connectivity index (χ0n) is 15.5. The van der Waals surface area contributed by atoms with E-state index in [-0.39, 0.29) is 11.2 Å². The average Bonchev–Trinajstić information content (AvgIpc) is 3.14. The van der Waals surface area contributed by atoms with Crippen molar-refractivity contribution in [1.82, 2.24) is 9.80 Å². The molecule has 0 radical (unpaired) electrons. The van der Waals surface area contributed by atoms with Crippen LogP contribution in [0.2, 0.25) is 0 Å². The Morgan fingerprint density at radius 3 is 2.48 bits per heavy atom. The highest BCUT2D eigenvalue weighted by atomic mass is 16.4. The summed E-state index contributed by atoms with van der Waals surface area (Å²) in [5.41, 5.74) is 6.25. The highest BCUT2D eigenvalue weighted by Gasteiger charge is 2.32. The van der Waals surface area contributed by atoms with E-state index in [0.717, 1.165) is 56.8 Å². The normalized spacial score (nSPS) is 20.4. The van der Waals surface area contributed by atoms with Crippen molar-refractivity contribution < 1.29 is 14.0 Å². The first-order valence-electron chi connectivity index (χ1n) is 9.20. The molecule has 2 aliphatic heterocycles. The number of primary amides is 1. The van der Waals surface area contributed by atoms with Crippen LogP contribution in [0.4, 0.5) is 0 Å². The van der Waals surface area contributed by atoms with Gasteiger partial charge in [-0.2, -0.15) is 0 Å². The van der Waals surface area contributed by atoms with Crippen molar-refractivity contribution in [3.63, 3.8) is 0 Å². The molecule has 3 rings (SSSR count).